The third kappa shape index (κ3) is 5.07. The third-order valence-corrected chi connectivity index (χ3v) is 6.43. The molecule has 1 heterocycles. The molecular weight excluding hydrogens is 392 g/mol. The zero-order chi connectivity index (χ0) is 20.3. The van der Waals surface area contributed by atoms with Gasteiger partial charge in [-0.25, -0.2) is 13.1 Å². The normalized spacial score (nSPS) is 15.7. The molecule has 0 atom stereocenters. The summed E-state index contributed by atoms with van der Waals surface area (Å²) in [5.41, 5.74) is 1.80. The lowest BCUT2D eigenvalue weighted by atomic mass is 10.1. The Kier molecular flexibility index (Phi) is 5.73. The van der Waals surface area contributed by atoms with Crippen LogP contribution in [0.3, 0.4) is 0 Å². The molecule has 8 heteroatoms. The van der Waals surface area contributed by atoms with Crippen LogP contribution in [-0.4, -0.2) is 33.6 Å². The molecule has 0 unspecified atom stereocenters. The van der Waals surface area contributed by atoms with E-state index in [1.807, 2.05) is 18.2 Å². The molecule has 1 fully saturated rings. The van der Waals surface area contributed by atoms with Crippen molar-refractivity contribution in [1.82, 2.24) is 10.0 Å². The van der Waals surface area contributed by atoms with E-state index in [1.54, 1.807) is 24.3 Å². The summed E-state index contributed by atoms with van der Waals surface area (Å²) in [4.78, 5) is 12.5. The molecule has 1 saturated carbocycles. The molecule has 2 N–H and O–H groups in total. The first-order valence-corrected chi connectivity index (χ1v) is 11.2. The number of benzene rings is 2. The van der Waals surface area contributed by atoms with Crippen LogP contribution in [0, 0.1) is 0 Å². The Hall–Kier alpha value is -2.58. The topological polar surface area (TPSA) is 93.7 Å². The fourth-order valence-corrected chi connectivity index (χ4v) is 4.44. The van der Waals surface area contributed by atoms with Crippen molar-refractivity contribution in [3.8, 4) is 11.5 Å². The van der Waals surface area contributed by atoms with Crippen LogP contribution in [0.1, 0.15) is 30.4 Å². The summed E-state index contributed by atoms with van der Waals surface area (Å²) < 4.78 is 38.2. The fraction of sp³-hybridized carbons (Fsp3) is 0.381. The van der Waals surface area contributed by atoms with Crippen molar-refractivity contribution < 1.29 is 22.7 Å². The number of aryl methyl sites for hydroxylation is 1. The smallest absolute Gasteiger partial charge is 0.240 e. The van der Waals surface area contributed by atoms with E-state index in [-0.39, 0.29) is 16.8 Å². The molecule has 0 bridgehead atoms. The van der Waals surface area contributed by atoms with Crippen molar-refractivity contribution >= 4 is 15.9 Å². The van der Waals surface area contributed by atoms with Gasteiger partial charge in [-0.05, 0) is 43.0 Å². The van der Waals surface area contributed by atoms with Gasteiger partial charge in [-0.3, -0.25) is 4.79 Å². The van der Waals surface area contributed by atoms with Crippen LogP contribution in [0.2, 0.25) is 0 Å². The minimum absolute atomic E-state index is 0.0774. The highest BCUT2D eigenvalue weighted by Gasteiger charge is 2.27. The summed E-state index contributed by atoms with van der Waals surface area (Å²) in [6.45, 7) is 1.40. The molecule has 29 heavy (non-hydrogen) atoms. The van der Waals surface area contributed by atoms with E-state index in [2.05, 4.69) is 10.0 Å². The van der Waals surface area contributed by atoms with Crippen LogP contribution in [0.5, 0.6) is 11.5 Å². The van der Waals surface area contributed by atoms with E-state index >= 15 is 0 Å². The number of amides is 1. The molecule has 7 nitrogen and oxygen atoms in total. The molecule has 154 valence electrons. The lowest BCUT2D eigenvalue weighted by Crippen LogP contribution is -2.25. The number of hydrogen-bond donors (Lipinski definition) is 2. The number of fused-ring (bicyclic) bond motifs is 1. The van der Waals surface area contributed by atoms with Gasteiger partial charge in [0, 0.05) is 24.6 Å². The van der Waals surface area contributed by atoms with Gasteiger partial charge >= 0.3 is 0 Å². The Morgan fingerprint density at radius 1 is 1.03 bits per heavy atom. The Bertz CT molecular complexity index is 985. The molecule has 4 rings (SSSR count). The highest BCUT2D eigenvalue weighted by molar-refractivity contribution is 7.89. The van der Waals surface area contributed by atoms with Gasteiger partial charge in [0.1, 0.15) is 13.2 Å². The standard InChI is InChI=1S/C21H24N2O5S/c24-20(22-14-16-2-1-3-19-21(16)28-13-12-27-19)11-6-15-4-9-18(10-5-15)29(25,26)23-17-7-8-17/h1-5,9-10,17,23H,6-8,11-14H2,(H,22,24). The molecule has 0 radical (unpaired) electrons. The molecule has 2 aromatic rings. The second kappa shape index (κ2) is 8.42. The fourth-order valence-electron chi connectivity index (χ4n) is 3.14. The molecular formula is C21H24N2O5S. The number of para-hydroxylation sites is 1. The van der Waals surface area contributed by atoms with E-state index in [0.717, 1.165) is 24.0 Å². The molecule has 0 aromatic heterocycles. The van der Waals surface area contributed by atoms with Crippen LogP contribution in [0.4, 0.5) is 0 Å². The molecule has 0 spiro atoms. The first-order valence-electron chi connectivity index (χ1n) is 9.77. The second-order valence-corrected chi connectivity index (χ2v) is 8.97. The minimum Gasteiger partial charge on any atom is -0.486 e. The predicted octanol–water partition coefficient (Wildman–Crippen LogP) is 2.15. The van der Waals surface area contributed by atoms with E-state index in [0.29, 0.717) is 44.1 Å². The van der Waals surface area contributed by atoms with Gasteiger partial charge in [-0.1, -0.05) is 24.3 Å². The Morgan fingerprint density at radius 2 is 1.79 bits per heavy atom. The summed E-state index contributed by atoms with van der Waals surface area (Å²) in [7, 11) is -3.44. The Balaban J connectivity index is 1.28. The summed E-state index contributed by atoms with van der Waals surface area (Å²) in [6, 6.07) is 12.4. The number of rotatable bonds is 8. The second-order valence-electron chi connectivity index (χ2n) is 7.26. The van der Waals surface area contributed by atoms with E-state index in [4.69, 9.17) is 9.47 Å². The van der Waals surface area contributed by atoms with E-state index in [9.17, 15) is 13.2 Å². The maximum atomic E-state index is 12.2. The van der Waals surface area contributed by atoms with Crippen molar-refractivity contribution in [1.29, 1.82) is 0 Å². The minimum atomic E-state index is -3.44. The van der Waals surface area contributed by atoms with E-state index in [1.165, 1.54) is 0 Å². The van der Waals surface area contributed by atoms with Crippen molar-refractivity contribution in [2.45, 2.75) is 43.2 Å². The number of carbonyl (C=O) groups is 1. The van der Waals surface area contributed by atoms with Crippen molar-refractivity contribution in [2.75, 3.05) is 13.2 Å². The number of ether oxygens (including phenoxy) is 2. The van der Waals surface area contributed by atoms with Gasteiger partial charge in [0.05, 0.1) is 4.90 Å². The molecule has 1 aliphatic carbocycles. The Labute approximate surface area is 170 Å². The number of carbonyl (C=O) groups excluding carboxylic acids is 1. The highest BCUT2D eigenvalue weighted by atomic mass is 32.2. The SMILES string of the molecule is O=C(CCc1ccc(S(=O)(=O)NC2CC2)cc1)NCc1cccc2c1OCCO2. The maximum absolute atomic E-state index is 12.2. The van der Waals surface area contributed by atoms with Crippen LogP contribution >= 0.6 is 0 Å². The Morgan fingerprint density at radius 3 is 2.55 bits per heavy atom. The zero-order valence-corrected chi connectivity index (χ0v) is 16.8. The monoisotopic (exact) mass is 416 g/mol. The van der Waals surface area contributed by atoms with Gasteiger partial charge in [-0.2, -0.15) is 0 Å². The zero-order valence-electron chi connectivity index (χ0n) is 16.0. The number of nitrogens with one attached hydrogen (secondary N) is 2. The van der Waals surface area contributed by atoms with Gasteiger partial charge in [0.25, 0.3) is 0 Å². The summed E-state index contributed by atoms with van der Waals surface area (Å²) >= 11 is 0. The van der Waals surface area contributed by atoms with Crippen LogP contribution in [0.15, 0.2) is 47.4 Å². The van der Waals surface area contributed by atoms with Crippen LogP contribution in [0.25, 0.3) is 0 Å². The van der Waals surface area contributed by atoms with Gasteiger partial charge < -0.3 is 14.8 Å². The quantitative estimate of drug-likeness (QED) is 0.688. The predicted molar refractivity (Wildman–Crippen MR) is 107 cm³/mol. The maximum Gasteiger partial charge on any atom is 0.240 e. The average Bonchev–Trinajstić information content (AvgIpc) is 3.54. The summed E-state index contributed by atoms with van der Waals surface area (Å²) in [5.74, 6) is 1.32. The lowest BCUT2D eigenvalue weighted by molar-refractivity contribution is -0.121. The number of hydrogen-bond acceptors (Lipinski definition) is 5. The van der Waals surface area contributed by atoms with Gasteiger partial charge in [0.15, 0.2) is 11.5 Å². The van der Waals surface area contributed by atoms with Crippen LogP contribution < -0.4 is 19.5 Å². The molecule has 1 amide bonds. The lowest BCUT2D eigenvalue weighted by Gasteiger charge is -2.21. The first kappa shape index (κ1) is 19.7. The summed E-state index contributed by atoms with van der Waals surface area (Å²) in [5, 5.41) is 2.90. The average molecular weight is 416 g/mol. The third-order valence-electron chi connectivity index (χ3n) is 4.90. The van der Waals surface area contributed by atoms with Gasteiger partial charge in [0.2, 0.25) is 15.9 Å². The molecule has 2 aliphatic rings. The first-order chi connectivity index (χ1) is 14.0. The van der Waals surface area contributed by atoms with Crippen molar-refractivity contribution in [3.05, 3.63) is 53.6 Å². The number of sulfonamides is 1. The van der Waals surface area contributed by atoms with E-state index < -0.39 is 10.0 Å². The van der Waals surface area contributed by atoms with Crippen LogP contribution in [-0.2, 0) is 27.8 Å². The van der Waals surface area contributed by atoms with Crippen molar-refractivity contribution in [3.63, 3.8) is 0 Å². The molecule has 1 aliphatic heterocycles. The van der Waals surface area contributed by atoms with Crippen molar-refractivity contribution in [2.24, 2.45) is 0 Å². The molecule has 0 saturated heterocycles. The van der Waals surface area contributed by atoms with Gasteiger partial charge in [-0.15, -0.1) is 0 Å². The largest absolute Gasteiger partial charge is 0.486 e. The highest BCUT2D eigenvalue weighted by Crippen LogP contribution is 2.33. The molecule has 2 aromatic carbocycles. The summed E-state index contributed by atoms with van der Waals surface area (Å²) in [6.07, 6.45) is 2.66.